The number of hydrogen-bond acceptors (Lipinski definition) is 0. The van der Waals surface area contributed by atoms with Gasteiger partial charge in [0.15, 0.2) is 0 Å². The molecule has 0 saturated heterocycles. The summed E-state index contributed by atoms with van der Waals surface area (Å²) in [7, 11) is 0. The average molecular weight is 176 g/mol. The van der Waals surface area contributed by atoms with Crippen LogP contribution < -0.4 is 0 Å². The zero-order valence-electron chi connectivity index (χ0n) is 8.47. The van der Waals surface area contributed by atoms with Crippen LogP contribution in [0.2, 0.25) is 0 Å². The SMILES string of the molecule is C1CCC2C(C1)C21C2CCCCC21. The van der Waals surface area contributed by atoms with Gasteiger partial charge in [-0.3, -0.25) is 0 Å². The molecule has 0 N–H and O–H groups in total. The molecule has 0 radical (unpaired) electrons. The molecule has 0 aromatic heterocycles. The highest BCUT2D eigenvalue weighted by molar-refractivity contribution is 5.29. The third kappa shape index (κ3) is 0.680. The summed E-state index contributed by atoms with van der Waals surface area (Å²) in [6.45, 7) is 0. The first-order chi connectivity index (χ1) is 6.45. The topological polar surface area (TPSA) is 0 Å². The maximum atomic E-state index is 1.61. The lowest BCUT2D eigenvalue weighted by Gasteiger charge is -2.04. The van der Waals surface area contributed by atoms with E-state index in [1.807, 2.05) is 0 Å². The first-order valence-electron chi connectivity index (χ1n) is 6.45. The summed E-state index contributed by atoms with van der Waals surface area (Å²) < 4.78 is 0. The van der Waals surface area contributed by atoms with E-state index in [2.05, 4.69) is 0 Å². The van der Waals surface area contributed by atoms with E-state index in [-0.39, 0.29) is 0 Å². The number of rotatable bonds is 0. The number of hydrogen-bond donors (Lipinski definition) is 0. The van der Waals surface area contributed by atoms with E-state index in [1.54, 1.807) is 51.4 Å². The third-order valence-electron chi connectivity index (χ3n) is 5.88. The van der Waals surface area contributed by atoms with Crippen molar-refractivity contribution in [1.29, 1.82) is 0 Å². The van der Waals surface area contributed by atoms with E-state index < -0.39 is 0 Å². The molecule has 0 amide bonds. The van der Waals surface area contributed by atoms with Crippen LogP contribution in [0.3, 0.4) is 0 Å². The minimum Gasteiger partial charge on any atom is -0.0530 e. The van der Waals surface area contributed by atoms with Gasteiger partial charge in [0.2, 0.25) is 0 Å². The van der Waals surface area contributed by atoms with Crippen molar-refractivity contribution in [3.8, 4) is 0 Å². The van der Waals surface area contributed by atoms with Crippen LogP contribution in [0.15, 0.2) is 0 Å². The van der Waals surface area contributed by atoms with Crippen molar-refractivity contribution in [2.45, 2.75) is 51.4 Å². The monoisotopic (exact) mass is 176 g/mol. The fourth-order valence-electron chi connectivity index (χ4n) is 5.54. The van der Waals surface area contributed by atoms with Crippen molar-refractivity contribution in [1.82, 2.24) is 0 Å². The first kappa shape index (κ1) is 7.31. The Morgan fingerprint density at radius 1 is 0.538 bits per heavy atom. The van der Waals surface area contributed by atoms with Gasteiger partial charge >= 0.3 is 0 Å². The van der Waals surface area contributed by atoms with Crippen LogP contribution in [0.4, 0.5) is 0 Å². The fourth-order valence-corrected chi connectivity index (χ4v) is 5.54. The molecule has 0 heteroatoms. The molecule has 0 aromatic rings. The largest absolute Gasteiger partial charge is 0.0530 e. The Bertz CT molecular complexity index is 189. The molecule has 4 aliphatic carbocycles. The molecule has 4 unspecified atom stereocenters. The smallest absolute Gasteiger partial charge is 0.0173 e. The summed E-state index contributed by atoms with van der Waals surface area (Å²) >= 11 is 0. The maximum Gasteiger partial charge on any atom is -0.0173 e. The van der Waals surface area contributed by atoms with Crippen molar-refractivity contribution in [2.75, 3.05) is 0 Å². The van der Waals surface area contributed by atoms with Crippen LogP contribution in [0.5, 0.6) is 0 Å². The molecule has 4 rings (SSSR count). The van der Waals surface area contributed by atoms with Crippen LogP contribution in [-0.4, -0.2) is 0 Å². The molecule has 0 aromatic carbocycles. The lowest BCUT2D eigenvalue weighted by molar-refractivity contribution is 0.480. The minimum atomic E-state index is 0.993. The normalized spacial score (nSPS) is 62.8. The van der Waals surface area contributed by atoms with E-state index in [0.29, 0.717) is 0 Å². The van der Waals surface area contributed by atoms with Gasteiger partial charge in [-0.1, -0.05) is 25.7 Å². The van der Waals surface area contributed by atoms with Gasteiger partial charge in [0.05, 0.1) is 0 Å². The van der Waals surface area contributed by atoms with Gasteiger partial charge in [-0.25, -0.2) is 0 Å². The highest BCUT2D eigenvalue weighted by Gasteiger charge is 2.82. The van der Waals surface area contributed by atoms with E-state index in [4.69, 9.17) is 0 Å². The summed E-state index contributed by atoms with van der Waals surface area (Å²) in [6.07, 6.45) is 12.7. The van der Waals surface area contributed by atoms with Crippen molar-refractivity contribution in [3.63, 3.8) is 0 Å². The second-order valence-corrected chi connectivity index (χ2v) is 5.99. The van der Waals surface area contributed by atoms with Gasteiger partial charge in [0, 0.05) is 0 Å². The summed E-state index contributed by atoms with van der Waals surface area (Å²) in [4.78, 5) is 0. The zero-order chi connectivity index (χ0) is 8.47. The van der Waals surface area contributed by atoms with Crippen molar-refractivity contribution in [2.24, 2.45) is 29.1 Å². The molecule has 0 aliphatic heterocycles. The third-order valence-corrected chi connectivity index (χ3v) is 5.88. The molecule has 4 fully saturated rings. The average Bonchev–Trinajstić information content (AvgIpc) is 3.06. The lowest BCUT2D eigenvalue weighted by Crippen LogP contribution is -1.91. The lowest BCUT2D eigenvalue weighted by atomic mass is 10.0. The highest BCUT2D eigenvalue weighted by Crippen LogP contribution is 2.87. The van der Waals surface area contributed by atoms with Crippen LogP contribution in [0.25, 0.3) is 0 Å². The fraction of sp³-hybridized carbons (Fsp3) is 1.00. The first-order valence-corrected chi connectivity index (χ1v) is 6.45. The zero-order valence-corrected chi connectivity index (χ0v) is 8.47. The Kier molecular flexibility index (Phi) is 1.21. The summed E-state index contributed by atoms with van der Waals surface area (Å²) in [5.41, 5.74) is 0.993. The predicted octanol–water partition coefficient (Wildman–Crippen LogP) is 3.61. The van der Waals surface area contributed by atoms with Gasteiger partial charge in [-0.15, -0.1) is 0 Å². The Labute approximate surface area is 81.1 Å². The molecule has 0 bridgehead atoms. The van der Waals surface area contributed by atoms with Crippen molar-refractivity contribution in [3.05, 3.63) is 0 Å². The van der Waals surface area contributed by atoms with Gasteiger partial charge in [0.25, 0.3) is 0 Å². The van der Waals surface area contributed by atoms with Gasteiger partial charge in [0.1, 0.15) is 0 Å². The molecular weight excluding hydrogens is 156 g/mol. The standard InChI is InChI=1S/C13H20/c1-2-6-10-9(5-1)13(10)11-7-3-4-8-12(11)13/h9-12H,1-8H2. The van der Waals surface area contributed by atoms with Crippen LogP contribution in [0.1, 0.15) is 51.4 Å². The van der Waals surface area contributed by atoms with Crippen molar-refractivity contribution < 1.29 is 0 Å². The predicted molar refractivity (Wildman–Crippen MR) is 53.3 cm³/mol. The minimum absolute atomic E-state index is 0.993. The summed E-state index contributed by atoms with van der Waals surface area (Å²) in [6, 6.07) is 0. The maximum absolute atomic E-state index is 1.61. The Hall–Kier alpha value is 0. The van der Waals surface area contributed by atoms with Crippen molar-refractivity contribution >= 4 is 0 Å². The summed E-state index contributed by atoms with van der Waals surface area (Å²) in [5, 5.41) is 0. The second kappa shape index (κ2) is 2.15. The molecule has 72 valence electrons. The second-order valence-electron chi connectivity index (χ2n) is 5.99. The Balaban J connectivity index is 1.62. The Morgan fingerprint density at radius 2 is 0.846 bits per heavy atom. The molecular formula is C13H20. The van der Waals surface area contributed by atoms with Gasteiger partial charge in [-0.2, -0.15) is 0 Å². The van der Waals surface area contributed by atoms with Gasteiger partial charge in [-0.05, 0) is 54.8 Å². The quantitative estimate of drug-likeness (QED) is 0.529. The Morgan fingerprint density at radius 3 is 1.15 bits per heavy atom. The molecule has 4 saturated carbocycles. The number of fused-ring (bicyclic) bond motifs is 6. The van der Waals surface area contributed by atoms with Crippen LogP contribution in [-0.2, 0) is 0 Å². The van der Waals surface area contributed by atoms with Crippen LogP contribution in [0, 0.1) is 29.1 Å². The summed E-state index contributed by atoms with van der Waals surface area (Å²) in [5.74, 6) is 4.92. The van der Waals surface area contributed by atoms with Gasteiger partial charge < -0.3 is 0 Å². The van der Waals surface area contributed by atoms with E-state index >= 15 is 0 Å². The van der Waals surface area contributed by atoms with E-state index in [1.165, 1.54) is 23.7 Å². The molecule has 4 atom stereocenters. The van der Waals surface area contributed by atoms with E-state index in [9.17, 15) is 0 Å². The molecule has 0 heterocycles. The molecule has 1 spiro atoms. The van der Waals surface area contributed by atoms with Crippen LogP contribution >= 0.6 is 0 Å². The molecule has 13 heavy (non-hydrogen) atoms. The highest BCUT2D eigenvalue weighted by atomic mass is 14.9. The van der Waals surface area contributed by atoms with E-state index in [0.717, 1.165) is 5.41 Å². The molecule has 4 aliphatic rings. The molecule has 0 nitrogen and oxygen atoms in total.